The maximum Gasteiger partial charge on any atom is 0.0648 e. The molecule has 1 N–H and O–H groups in total. The van der Waals surface area contributed by atoms with Gasteiger partial charge in [0.25, 0.3) is 0 Å². The van der Waals surface area contributed by atoms with E-state index in [0.29, 0.717) is 0 Å². The van der Waals surface area contributed by atoms with Gasteiger partial charge in [-0.1, -0.05) is 70.2 Å². The van der Waals surface area contributed by atoms with Gasteiger partial charge >= 0.3 is 0 Å². The van der Waals surface area contributed by atoms with Crippen LogP contribution in [-0.2, 0) is 0 Å². The Morgan fingerprint density at radius 1 is 1.12 bits per heavy atom. The second kappa shape index (κ2) is 5.31. The molecule has 0 fully saturated rings. The first kappa shape index (κ1) is 13.0. The van der Waals surface area contributed by atoms with Crippen molar-refractivity contribution in [1.82, 2.24) is 0 Å². The van der Waals surface area contributed by atoms with E-state index in [-0.39, 0.29) is 17.4 Å². The smallest absolute Gasteiger partial charge is 0.0648 e. The van der Waals surface area contributed by atoms with Crippen LogP contribution in [0.1, 0.15) is 33.3 Å². The van der Waals surface area contributed by atoms with Gasteiger partial charge in [0.1, 0.15) is 0 Å². The molecule has 0 bridgehead atoms. The van der Waals surface area contributed by atoms with Crippen molar-refractivity contribution in [2.24, 2.45) is 11.3 Å². The number of aliphatic hydroxyl groups excluding tert-OH is 1. The molecule has 16 heavy (non-hydrogen) atoms. The first-order chi connectivity index (χ1) is 7.41. The van der Waals surface area contributed by atoms with Gasteiger partial charge < -0.3 is 5.11 Å². The molecule has 0 aliphatic rings. The Hall–Kier alpha value is -1.08. The van der Waals surface area contributed by atoms with Gasteiger partial charge in [0.05, 0.1) is 6.10 Å². The number of hydrogen-bond acceptors (Lipinski definition) is 1. The zero-order valence-corrected chi connectivity index (χ0v) is 10.6. The van der Waals surface area contributed by atoms with Gasteiger partial charge in [0.15, 0.2) is 0 Å². The van der Waals surface area contributed by atoms with Crippen molar-refractivity contribution < 1.29 is 5.11 Å². The Morgan fingerprint density at radius 3 is 2.19 bits per heavy atom. The summed E-state index contributed by atoms with van der Waals surface area (Å²) in [6.07, 6.45) is 3.83. The molecule has 0 saturated carbocycles. The Bertz CT molecular complexity index is 332. The topological polar surface area (TPSA) is 20.2 Å². The largest absolute Gasteiger partial charge is 0.392 e. The van der Waals surface area contributed by atoms with Crippen LogP contribution < -0.4 is 0 Å². The predicted molar refractivity (Wildman–Crippen MR) is 70.1 cm³/mol. The quantitative estimate of drug-likeness (QED) is 0.819. The van der Waals surface area contributed by atoms with Gasteiger partial charge in [-0.3, -0.25) is 0 Å². The number of benzene rings is 1. The van der Waals surface area contributed by atoms with Gasteiger partial charge in [0.2, 0.25) is 0 Å². The monoisotopic (exact) mass is 218 g/mol. The summed E-state index contributed by atoms with van der Waals surface area (Å²) < 4.78 is 0. The minimum atomic E-state index is -0.313. The van der Waals surface area contributed by atoms with Crippen molar-refractivity contribution in [2.75, 3.05) is 0 Å². The normalized spacial score (nSPS) is 16.3. The summed E-state index contributed by atoms with van der Waals surface area (Å²) >= 11 is 0. The lowest BCUT2D eigenvalue weighted by molar-refractivity contribution is 0.0340. The van der Waals surface area contributed by atoms with Crippen LogP contribution in [0.2, 0.25) is 0 Å². The molecule has 0 saturated heterocycles. The van der Waals surface area contributed by atoms with Crippen LogP contribution in [0.5, 0.6) is 0 Å². The van der Waals surface area contributed by atoms with Gasteiger partial charge in [0, 0.05) is 5.92 Å². The first-order valence-electron chi connectivity index (χ1n) is 5.82. The van der Waals surface area contributed by atoms with Crippen LogP contribution in [0.15, 0.2) is 36.4 Å². The molecule has 0 aliphatic carbocycles. The third kappa shape index (κ3) is 3.82. The molecule has 0 heterocycles. The van der Waals surface area contributed by atoms with E-state index in [1.54, 1.807) is 0 Å². The summed E-state index contributed by atoms with van der Waals surface area (Å²) in [5.41, 5.74) is 1.11. The second-order valence-corrected chi connectivity index (χ2v) is 5.44. The molecule has 1 aromatic rings. The fraction of sp³-hybridized carbons (Fsp3) is 0.467. The van der Waals surface area contributed by atoms with E-state index in [4.69, 9.17) is 0 Å². The lowest BCUT2D eigenvalue weighted by Gasteiger charge is -2.29. The van der Waals surface area contributed by atoms with E-state index in [2.05, 4.69) is 52.0 Å². The number of aliphatic hydroxyl groups is 1. The summed E-state index contributed by atoms with van der Waals surface area (Å²) in [5.74, 6) is 0.167. The second-order valence-electron chi connectivity index (χ2n) is 5.44. The van der Waals surface area contributed by atoms with E-state index >= 15 is 0 Å². The highest BCUT2D eigenvalue weighted by atomic mass is 16.3. The molecule has 0 radical (unpaired) electrons. The third-order valence-electron chi connectivity index (χ3n) is 2.78. The van der Waals surface area contributed by atoms with Gasteiger partial charge in [-0.05, 0) is 11.0 Å². The summed E-state index contributed by atoms with van der Waals surface area (Å²) in [4.78, 5) is 0. The van der Waals surface area contributed by atoms with Crippen LogP contribution in [0.4, 0.5) is 0 Å². The molecule has 1 nitrogen and oxygen atoms in total. The maximum absolute atomic E-state index is 10.1. The first-order valence-corrected chi connectivity index (χ1v) is 5.82. The van der Waals surface area contributed by atoms with Crippen molar-refractivity contribution in [3.8, 4) is 0 Å². The average Bonchev–Trinajstić information content (AvgIpc) is 2.25. The summed E-state index contributed by atoms with van der Waals surface area (Å²) in [7, 11) is 0. The Kier molecular flexibility index (Phi) is 4.31. The molecular weight excluding hydrogens is 196 g/mol. The highest BCUT2D eigenvalue weighted by Crippen LogP contribution is 2.26. The van der Waals surface area contributed by atoms with Crippen LogP contribution in [0, 0.1) is 11.3 Å². The number of rotatable bonds is 3. The summed E-state index contributed by atoms with van der Waals surface area (Å²) in [6, 6.07) is 10.2. The minimum Gasteiger partial charge on any atom is -0.392 e. The zero-order valence-electron chi connectivity index (χ0n) is 10.6. The van der Waals surface area contributed by atoms with Gasteiger partial charge in [-0.15, -0.1) is 0 Å². The maximum atomic E-state index is 10.1. The highest BCUT2D eigenvalue weighted by molar-refractivity contribution is 5.49. The number of hydrogen-bond donors (Lipinski definition) is 1. The Balaban J connectivity index is 2.65. The lowest BCUT2D eigenvalue weighted by atomic mass is 9.82. The Labute approximate surface area is 98.8 Å². The van der Waals surface area contributed by atoms with Crippen molar-refractivity contribution in [3.63, 3.8) is 0 Å². The highest BCUT2D eigenvalue weighted by Gasteiger charge is 2.25. The molecule has 0 aromatic heterocycles. The van der Waals surface area contributed by atoms with Crippen molar-refractivity contribution in [2.45, 2.75) is 33.8 Å². The molecule has 88 valence electrons. The van der Waals surface area contributed by atoms with Crippen LogP contribution in [0.25, 0.3) is 6.08 Å². The molecule has 0 spiro atoms. The summed E-state index contributed by atoms with van der Waals surface area (Å²) in [6.45, 7) is 8.23. The molecule has 0 unspecified atom stereocenters. The molecule has 1 rings (SSSR count). The standard InChI is InChI=1S/C15H22O/c1-12(14(16)15(2,3)4)10-11-13-8-6-5-7-9-13/h5-12,14,16H,1-4H3/b11-10+/t12-,14+/m1/s1. The zero-order chi connectivity index (χ0) is 12.2. The summed E-state index contributed by atoms with van der Waals surface area (Å²) in [5, 5.41) is 10.1. The van der Waals surface area contributed by atoms with Crippen LogP contribution in [0.3, 0.4) is 0 Å². The van der Waals surface area contributed by atoms with Crippen LogP contribution in [-0.4, -0.2) is 11.2 Å². The molecule has 0 amide bonds. The van der Waals surface area contributed by atoms with Gasteiger partial charge in [-0.2, -0.15) is 0 Å². The molecular formula is C15H22O. The molecule has 0 aliphatic heterocycles. The van der Waals surface area contributed by atoms with E-state index in [9.17, 15) is 5.11 Å². The van der Waals surface area contributed by atoms with E-state index in [1.807, 2.05) is 18.2 Å². The molecule has 2 atom stereocenters. The predicted octanol–water partition coefficient (Wildman–Crippen LogP) is 3.74. The van der Waals surface area contributed by atoms with Crippen molar-refractivity contribution >= 4 is 6.08 Å². The molecule has 1 aromatic carbocycles. The van der Waals surface area contributed by atoms with E-state index in [1.165, 1.54) is 5.56 Å². The lowest BCUT2D eigenvalue weighted by Crippen LogP contribution is -2.31. The van der Waals surface area contributed by atoms with Crippen molar-refractivity contribution in [1.29, 1.82) is 0 Å². The van der Waals surface area contributed by atoms with Crippen molar-refractivity contribution in [3.05, 3.63) is 42.0 Å². The fourth-order valence-corrected chi connectivity index (χ4v) is 1.72. The van der Waals surface area contributed by atoms with Gasteiger partial charge in [-0.25, -0.2) is 0 Å². The SMILES string of the molecule is C[C@H](/C=C/c1ccccc1)[C@H](O)C(C)(C)C. The van der Waals surface area contributed by atoms with E-state index in [0.717, 1.165) is 0 Å². The average molecular weight is 218 g/mol. The third-order valence-corrected chi connectivity index (χ3v) is 2.78. The van der Waals surface area contributed by atoms with Crippen LogP contribution >= 0.6 is 0 Å². The molecule has 1 heteroatoms. The Morgan fingerprint density at radius 2 is 1.69 bits per heavy atom. The van der Waals surface area contributed by atoms with E-state index < -0.39 is 0 Å². The minimum absolute atomic E-state index is 0.0690. The fourth-order valence-electron chi connectivity index (χ4n) is 1.72.